The van der Waals surface area contributed by atoms with Crippen molar-refractivity contribution in [1.82, 2.24) is 0 Å². The van der Waals surface area contributed by atoms with Crippen molar-refractivity contribution in [2.45, 2.75) is 63.6 Å². The molecule has 1 fully saturated rings. The predicted octanol–water partition coefficient (Wildman–Crippen LogP) is 1.71. The summed E-state index contributed by atoms with van der Waals surface area (Å²) in [7, 11) is -2.36. The Balaban J connectivity index is 3.11. The lowest BCUT2D eigenvalue weighted by Gasteiger charge is -2.33. The second-order valence-electron chi connectivity index (χ2n) is 6.51. The molecule has 0 spiro atoms. The van der Waals surface area contributed by atoms with Gasteiger partial charge in [0.05, 0.1) is 12.9 Å². The molecular formula is C17H33NO8S. The van der Waals surface area contributed by atoms with Crippen LogP contribution in [-0.2, 0) is 38.1 Å². The average molecular weight is 412 g/mol. The van der Waals surface area contributed by atoms with Crippen LogP contribution in [-0.4, -0.2) is 79.0 Å². The van der Waals surface area contributed by atoms with Crippen molar-refractivity contribution < 1.29 is 36.4 Å². The zero-order chi connectivity index (χ0) is 20.3. The molecule has 0 radical (unpaired) electrons. The van der Waals surface area contributed by atoms with Crippen molar-refractivity contribution in [2.24, 2.45) is 5.16 Å². The lowest BCUT2D eigenvalue weighted by Crippen LogP contribution is -2.52. The lowest BCUT2D eigenvalue weighted by molar-refractivity contribution is -0.212. The van der Waals surface area contributed by atoms with Gasteiger partial charge in [0.2, 0.25) is 0 Å². The van der Waals surface area contributed by atoms with Gasteiger partial charge in [-0.15, -0.1) is 5.16 Å². The molecule has 0 aromatic rings. The highest BCUT2D eigenvalue weighted by atomic mass is 32.2. The second kappa shape index (κ2) is 11.9. The lowest BCUT2D eigenvalue weighted by atomic mass is 9.96. The van der Waals surface area contributed by atoms with Gasteiger partial charge in [-0.25, -0.2) is 0 Å². The van der Waals surface area contributed by atoms with E-state index in [1.54, 1.807) is 0 Å². The number of rotatable bonds is 15. The van der Waals surface area contributed by atoms with Crippen LogP contribution in [0.25, 0.3) is 0 Å². The minimum absolute atomic E-state index is 0.0388. The molecule has 1 unspecified atom stereocenters. The Kier molecular flexibility index (Phi) is 10.7. The number of unbranched alkanes of at least 4 members (excludes halogenated alkanes) is 2. The molecule has 0 aliphatic carbocycles. The zero-order valence-electron chi connectivity index (χ0n) is 16.7. The quantitative estimate of drug-likeness (QED) is 0.174. The van der Waals surface area contributed by atoms with Gasteiger partial charge < -0.3 is 23.8 Å². The standard InChI is InChI=1S/C17H33NO8S/c1-6-8-10-22-12-17(13-24-18-3)15(23-11-9-7-2)14(16(21-4)25-17)26-27(5,19)20/h14-16H,3,6-13H2,1-2,4-5H3/t14-,15-,16?,17-/m0/s1. The average Bonchev–Trinajstić information content (AvgIpc) is 2.89. The molecule has 0 aromatic carbocycles. The SMILES string of the molecule is C=NOC[C@]1(COCCCC)OC(OC)[C@@H](OS(C)(=O)=O)[C@@H]1OCCCC. The molecule has 1 aliphatic rings. The molecule has 27 heavy (non-hydrogen) atoms. The number of ether oxygens (including phenoxy) is 4. The maximum Gasteiger partial charge on any atom is 0.264 e. The normalized spacial score (nSPS) is 28.4. The number of hydrogen-bond donors (Lipinski definition) is 0. The smallest absolute Gasteiger partial charge is 0.264 e. The highest BCUT2D eigenvalue weighted by Gasteiger charge is 2.59. The zero-order valence-corrected chi connectivity index (χ0v) is 17.5. The first-order chi connectivity index (χ1) is 12.8. The first kappa shape index (κ1) is 24.3. The van der Waals surface area contributed by atoms with Crippen molar-refractivity contribution in [1.29, 1.82) is 0 Å². The Morgan fingerprint density at radius 2 is 1.81 bits per heavy atom. The number of methoxy groups -OCH3 is 1. The van der Waals surface area contributed by atoms with Crippen molar-refractivity contribution in [3.05, 3.63) is 0 Å². The fraction of sp³-hybridized carbons (Fsp3) is 0.941. The van der Waals surface area contributed by atoms with Crippen LogP contribution in [0, 0.1) is 0 Å². The molecule has 0 aromatic heterocycles. The molecular weight excluding hydrogens is 378 g/mol. The van der Waals surface area contributed by atoms with Crippen LogP contribution >= 0.6 is 0 Å². The van der Waals surface area contributed by atoms with E-state index in [0.29, 0.717) is 13.2 Å². The van der Waals surface area contributed by atoms with Crippen LogP contribution in [0.3, 0.4) is 0 Å². The van der Waals surface area contributed by atoms with Crippen LogP contribution < -0.4 is 0 Å². The van der Waals surface area contributed by atoms with E-state index in [1.165, 1.54) is 7.11 Å². The fourth-order valence-electron chi connectivity index (χ4n) is 2.81. The molecule has 1 saturated heterocycles. The molecule has 1 aliphatic heterocycles. The van der Waals surface area contributed by atoms with E-state index in [2.05, 4.69) is 18.8 Å². The molecule has 0 saturated carbocycles. The van der Waals surface area contributed by atoms with E-state index < -0.39 is 34.2 Å². The van der Waals surface area contributed by atoms with Gasteiger partial charge in [-0.05, 0) is 12.8 Å². The molecule has 1 rings (SSSR count). The third kappa shape index (κ3) is 7.63. The van der Waals surface area contributed by atoms with Crippen LogP contribution in [0.15, 0.2) is 5.16 Å². The summed E-state index contributed by atoms with van der Waals surface area (Å²) in [4.78, 5) is 5.15. The van der Waals surface area contributed by atoms with Gasteiger partial charge in [0.15, 0.2) is 24.6 Å². The number of oxime groups is 1. The van der Waals surface area contributed by atoms with E-state index >= 15 is 0 Å². The summed E-state index contributed by atoms with van der Waals surface area (Å²) in [5.41, 5.74) is -1.14. The monoisotopic (exact) mass is 411 g/mol. The summed E-state index contributed by atoms with van der Waals surface area (Å²) < 4.78 is 51.9. The highest BCUT2D eigenvalue weighted by molar-refractivity contribution is 7.86. The fourth-order valence-corrected chi connectivity index (χ4v) is 3.40. The van der Waals surface area contributed by atoms with Crippen LogP contribution in [0.1, 0.15) is 39.5 Å². The molecule has 0 bridgehead atoms. The first-order valence-corrected chi connectivity index (χ1v) is 11.0. The summed E-state index contributed by atoms with van der Waals surface area (Å²) in [5, 5.41) is 3.43. The Morgan fingerprint density at radius 1 is 1.15 bits per heavy atom. The second-order valence-corrected chi connectivity index (χ2v) is 8.11. The third-order valence-corrected chi connectivity index (χ3v) is 4.71. The van der Waals surface area contributed by atoms with E-state index in [0.717, 1.165) is 31.9 Å². The van der Waals surface area contributed by atoms with Gasteiger partial charge >= 0.3 is 0 Å². The van der Waals surface area contributed by atoms with Crippen molar-refractivity contribution in [3.63, 3.8) is 0 Å². The summed E-state index contributed by atoms with van der Waals surface area (Å²) in [6.07, 6.45) is 1.82. The van der Waals surface area contributed by atoms with Crippen molar-refractivity contribution >= 4 is 16.8 Å². The summed E-state index contributed by atoms with van der Waals surface area (Å²) in [6, 6.07) is 0. The number of nitrogens with zero attached hydrogens (tertiary/aromatic N) is 1. The minimum atomic E-state index is -3.77. The van der Waals surface area contributed by atoms with Crippen molar-refractivity contribution in [3.8, 4) is 0 Å². The molecule has 160 valence electrons. The third-order valence-electron chi connectivity index (χ3n) is 4.14. The van der Waals surface area contributed by atoms with E-state index in [9.17, 15) is 8.42 Å². The Labute approximate surface area is 162 Å². The largest absolute Gasteiger partial charge is 0.393 e. The maximum absolute atomic E-state index is 11.8. The summed E-state index contributed by atoms with van der Waals surface area (Å²) in [6.45, 7) is 8.41. The predicted molar refractivity (Wildman–Crippen MR) is 100 cm³/mol. The van der Waals surface area contributed by atoms with E-state index in [4.69, 9.17) is 28.0 Å². The van der Waals surface area contributed by atoms with Crippen LogP contribution in [0.2, 0.25) is 0 Å². The molecule has 9 nitrogen and oxygen atoms in total. The van der Waals surface area contributed by atoms with E-state index in [1.807, 2.05) is 6.92 Å². The maximum atomic E-state index is 11.8. The van der Waals surface area contributed by atoms with Crippen LogP contribution in [0.4, 0.5) is 0 Å². The van der Waals surface area contributed by atoms with Gasteiger partial charge in [-0.3, -0.25) is 4.18 Å². The topological polar surface area (TPSA) is 102 Å². The molecule has 0 N–H and O–H groups in total. The van der Waals surface area contributed by atoms with Gasteiger partial charge in [0, 0.05) is 27.0 Å². The summed E-state index contributed by atoms with van der Waals surface area (Å²) in [5.74, 6) is 0. The molecule has 1 heterocycles. The van der Waals surface area contributed by atoms with Gasteiger partial charge in [0.25, 0.3) is 10.1 Å². The van der Waals surface area contributed by atoms with E-state index in [-0.39, 0.29) is 13.2 Å². The van der Waals surface area contributed by atoms with Crippen LogP contribution in [0.5, 0.6) is 0 Å². The molecule has 0 amide bonds. The first-order valence-electron chi connectivity index (χ1n) is 9.19. The summed E-state index contributed by atoms with van der Waals surface area (Å²) >= 11 is 0. The molecule has 10 heteroatoms. The number of hydrogen-bond acceptors (Lipinski definition) is 9. The van der Waals surface area contributed by atoms with Crippen molar-refractivity contribution in [2.75, 3.05) is 39.8 Å². The van der Waals surface area contributed by atoms with Gasteiger partial charge in [-0.2, -0.15) is 8.42 Å². The van der Waals surface area contributed by atoms with Gasteiger partial charge in [-0.1, -0.05) is 26.7 Å². The Bertz CT molecular complexity index is 529. The molecule has 4 atom stereocenters. The Hall–Kier alpha value is -0.780. The van der Waals surface area contributed by atoms with Gasteiger partial charge in [0.1, 0.15) is 6.10 Å². The Morgan fingerprint density at radius 3 is 2.37 bits per heavy atom. The minimum Gasteiger partial charge on any atom is -0.393 e. The highest BCUT2D eigenvalue weighted by Crippen LogP contribution is 2.37.